The van der Waals surface area contributed by atoms with Crippen molar-refractivity contribution < 1.29 is 0 Å². The van der Waals surface area contributed by atoms with Crippen LogP contribution in [0, 0.1) is 35.5 Å². The molecule has 1 aromatic carbocycles. The Bertz CT molecular complexity index is 901. The molecule has 0 radical (unpaired) electrons. The zero-order valence-electron chi connectivity index (χ0n) is 24.3. The molecule has 8 aliphatic carbocycles. The second-order valence-corrected chi connectivity index (χ2v) is 20.3. The predicted octanol–water partition coefficient (Wildman–Crippen LogP) is 10.2. The molecule has 8 aliphatic rings. The van der Waals surface area contributed by atoms with Gasteiger partial charge in [0.1, 0.15) is 0 Å². The maximum absolute atomic E-state index is 2.72. The van der Waals surface area contributed by atoms with Gasteiger partial charge in [-0.15, -0.1) is 0 Å². The van der Waals surface area contributed by atoms with Crippen molar-refractivity contribution in [3.05, 3.63) is 34.9 Å². The van der Waals surface area contributed by atoms with Crippen molar-refractivity contribution in [1.82, 2.24) is 0 Å². The lowest BCUT2D eigenvalue weighted by Gasteiger charge is -2.67. The normalized spacial score (nSPS) is 43.8. The highest BCUT2D eigenvalue weighted by atomic mass is 31.1. The van der Waals surface area contributed by atoms with Gasteiger partial charge in [-0.05, 0) is 157 Å². The zero-order valence-corrected chi connectivity index (χ0v) is 25.2. The van der Waals surface area contributed by atoms with E-state index in [0.29, 0.717) is 0 Å². The SMILES string of the molecule is CC(C)(C)c1ccc(CP(C23CC4CC(CC(C4)C2)C3)C23CC4CC(CC(C4)C2)C3)cc1C(C)(C)C. The largest absolute Gasteiger partial charge is 0.0894 e. The minimum Gasteiger partial charge on any atom is -0.0894 e. The van der Waals surface area contributed by atoms with Gasteiger partial charge in [0.25, 0.3) is 0 Å². The molecule has 8 bridgehead atoms. The van der Waals surface area contributed by atoms with E-state index in [1.54, 1.807) is 93.7 Å². The molecule has 36 heavy (non-hydrogen) atoms. The van der Waals surface area contributed by atoms with Gasteiger partial charge in [-0.1, -0.05) is 67.7 Å². The molecule has 1 heteroatoms. The number of rotatable bonds is 4. The van der Waals surface area contributed by atoms with E-state index < -0.39 is 0 Å². The van der Waals surface area contributed by atoms with Gasteiger partial charge in [0.15, 0.2) is 0 Å². The van der Waals surface area contributed by atoms with Crippen molar-refractivity contribution in [2.75, 3.05) is 0 Å². The first-order chi connectivity index (χ1) is 16.9. The van der Waals surface area contributed by atoms with Crippen molar-refractivity contribution in [2.45, 2.75) is 146 Å². The Morgan fingerprint density at radius 3 is 1.28 bits per heavy atom. The van der Waals surface area contributed by atoms with E-state index in [4.69, 9.17) is 0 Å². The van der Waals surface area contributed by atoms with Crippen LogP contribution in [0.25, 0.3) is 0 Å². The average Bonchev–Trinajstić information content (AvgIpc) is 2.74. The van der Waals surface area contributed by atoms with Crippen LogP contribution in [-0.2, 0) is 17.0 Å². The Balaban J connectivity index is 1.31. The van der Waals surface area contributed by atoms with Crippen LogP contribution in [0.15, 0.2) is 18.2 Å². The molecule has 198 valence electrons. The van der Waals surface area contributed by atoms with Crippen LogP contribution in [-0.4, -0.2) is 10.3 Å². The third-order valence-electron chi connectivity index (χ3n) is 12.2. The topological polar surface area (TPSA) is 0 Å². The lowest BCUT2D eigenvalue weighted by atomic mass is 9.55. The average molecular weight is 505 g/mol. The van der Waals surface area contributed by atoms with E-state index in [1.807, 2.05) is 0 Å². The van der Waals surface area contributed by atoms with Crippen molar-refractivity contribution in [2.24, 2.45) is 35.5 Å². The number of hydrogen-bond acceptors (Lipinski definition) is 0. The molecule has 0 aromatic heterocycles. The summed E-state index contributed by atoms with van der Waals surface area (Å²) in [5, 5.41) is 1.47. The Hall–Kier alpha value is -0.350. The van der Waals surface area contributed by atoms with Crippen molar-refractivity contribution in [1.29, 1.82) is 0 Å². The van der Waals surface area contributed by atoms with Gasteiger partial charge >= 0.3 is 0 Å². The van der Waals surface area contributed by atoms with Gasteiger partial charge in [-0.25, -0.2) is 0 Å². The number of hydrogen-bond donors (Lipinski definition) is 0. The fourth-order valence-electron chi connectivity index (χ4n) is 11.8. The lowest BCUT2D eigenvalue weighted by Crippen LogP contribution is -2.56. The van der Waals surface area contributed by atoms with Gasteiger partial charge in [0, 0.05) is 0 Å². The summed E-state index contributed by atoms with van der Waals surface area (Å²) >= 11 is 0. The Labute approximate surface area is 223 Å². The third kappa shape index (κ3) is 4.00. The van der Waals surface area contributed by atoms with Gasteiger partial charge < -0.3 is 0 Å². The molecule has 1 aromatic rings. The third-order valence-corrected chi connectivity index (χ3v) is 16.3. The Morgan fingerprint density at radius 1 is 0.583 bits per heavy atom. The number of benzene rings is 1. The van der Waals surface area contributed by atoms with Crippen LogP contribution in [0.5, 0.6) is 0 Å². The van der Waals surface area contributed by atoms with E-state index in [9.17, 15) is 0 Å². The van der Waals surface area contributed by atoms with Crippen molar-refractivity contribution >= 4 is 7.92 Å². The first-order valence-corrected chi connectivity index (χ1v) is 17.4. The van der Waals surface area contributed by atoms with E-state index in [-0.39, 0.29) is 18.8 Å². The first-order valence-electron chi connectivity index (χ1n) is 15.8. The van der Waals surface area contributed by atoms with Crippen LogP contribution < -0.4 is 0 Å². The maximum atomic E-state index is 2.72. The lowest BCUT2D eigenvalue weighted by molar-refractivity contribution is 0.0184. The Morgan fingerprint density at radius 2 is 0.944 bits per heavy atom. The molecule has 0 heterocycles. The summed E-state index contributed by atoms with van der Waals surface area (Å²) < 4.78 is 0. The Kier molecular flexibility index (Phi) is 5.54. The summed E-state index contributed by atoms with van der Waals surface area (Å²) in [5.74, 6) is 6.52. The van der Waals surface area contributed by atoms with Crippen LogP contribution in [0.4, 0.5) is 0 Å². The summed E-state index contributed by atoms with van der Waals surface area (Å²) in [6.45, 7) is 14.6. The molecule has 0 spiro atoms. The van der Waals surface area contributed by atoms with E-state index in [2.05, 4.69) is 59.7 Å². The van der Waals surface area contributed by atoms with E-state index in [1.165, 1.54) is 6.16 Å². The van der Waals surface area contributed by atoms with Gasteiger partial charge in [-0.2, -0.15) is 0 Å². The predicted molar refractivity (Wildman–Crippen MR) is 156 cm³/mol. The smallest absolute Gasteiger partial charge is 0.00630 e. The molecule has 0 amide bonds. The van der Waals surface area contributed by atoms with Crippen molar-refractivity contribution in [3.63, 3.8) is 0 Å². The molecule has 9 rings (SSSR count). The first kappa shape index (κ1) is 24.7. The van der Waals surface area contributed by atoms with Gasteiger partial charge in [-0.3, -0.25) is 0 Å². The zero-order chi connectivity index (χ0) is 25.1. The minimum absolute atomic E-state index is 0.0289. The maximum Gasteiger partial charge on any atom is -0.00630 e. The quantitative estimate of drug-likeness (QED) is 0.358. The molecule has 0 atom stereocenters. The fourth-order valence-corrected chi connectivity index (χ4v) is 16.9. The van der Waals surface area contributed by atoms with Gasteiger partial charge in [0.05, 0.1) is 0 Å². The minimum atomic E-state index is 0.0289. The summed E-state index contributed by atoms with van der Waals surface area (Å²) in [7, 11) is 0.0289. The second-order valence-electron chi connectivity index (χ2n) is 17.2. The monoisotopic (exact) mass is 504 g/mol. The van der Waals surface area contributed by atoms with Crippen LogP contribution in [0.1, 0.15) is 135 Å². The fraction of sp³-hybridized carbons (Fsp3) is 0.829. The second kappa shape index (κ2) is 8.09. The summed E-state index contributed by atoms with van der Waals surface area (Å²) in [4.78, 5) is 0. The molecule has 0 aliphatic heterocycles. The van der Waals surface area contributed by atoms with Gasteiger partial charge in [0.2, 0.25) is 0 Å². The highest BCUT2D eigenvalue weighted by Crippen LogP contribution is 2.79. The summed E-state index contributed by atoms with van der Waals surface area (Å²) in [5.41, 5.74) is 5.34. The van der Waals surface area contributed by atoms with Crippen LogP contribution >= 0.6 is 7.92 Å². The van der Waals surface area contributed by atoms with E-state index >= 15 is 0 Å². The molecule has 8 fully saturated rings. The summed E-state index contributed by atoms with van der Waals surface area (Å²) in [6.07, 6.45) is 20.8. The standard InChI is InChI=1S/C35H53P/c1-32(2,3)30-8-7-23(15-31(30)33(4,5)6)22-36(34-16-24-9-25(17-34)11-26(10-24)18-34)35-19-27-12-28(20-35)14-29(13-27)21-35/h7-8,15,24-29H,9-14,16-22H2,1-6H3. The highest BCUT2D eigenvalue weighted by molar-refractivity contribution is 7.60. The molecule has 0 nitrogen and oxygen atoms in total. The van der Waals surface area contributed by atoms with E-state index in [0.717, 1.165) is 45.8 Å². The molecular weight excluding hydrogens is 451 g/mol. The van der Waals surface area contributed by atoms with Crippen molar-refractivity contribution in [3.8, 4) is 0 Å². The summed E-state index contributed by atoms with van der Waals surface area (Å²) in [6, 6.07) is 7.88. The molecule has 0 unspecified atom stereocenters. The molecule has 0 N–H and O–H groups in total. The van der Waals surface area contributed by atoms with Crippen LogP contribution in [0.2, 0.25) is 0 Å². The highest BCUT2D eigenvalue weighted by Gasteiger charge is 2.62. The molecular formula is C35H53P. The molecule has 8 saturated carbocycles. The molecule has 0 saturated heterocycles. The van der Waals surface area contributed by atoms with Crippen LogP contribution in [0.3, 0.4) is 0 Å².